The van der Waals surface area contributed by atoms with Crippen molar-refractivity contribution in [3.8, 4) is 0 Å². The molecule has 0 aliphatic heterocycles. The zero-order valence-electron chi connectivity index (χ0n) is 9.25. The number of thiophene rings is 1. The molecule has 5 nitrogen and oxygen atoms in total. The van der Waals surface area contributed by atoms with Crippen LogP contribution in [0.3, 0.4) is 0 Å². The van der Waals surface area contributed by atoms with E-state index in [1.807, 2.05) is 18.4 Å². The van der Waals surface area contributed by atoms with Gasteiger partial charge in [0.15, 0.2) is 5.69 Å². The number of amides is 1. The number of anilines is 1. The maximum atomic E-state index is 10.8. The Kier molecular flexibility index (Phi) is 3.34. The van der Waals surface area contributed by atoms with Gasteiger partial charge in [-0.05, 0) is 41.4 Å². The number of hydrogen-bond acceptors (Lipinski definition) is 5. The summed E-state index contributed by atoms with van der Waals surface area (Å²) >= 11 is 1.65. The predicted molar refractivity (Wildman–Crippen MR) is 66.9 cm³/mol. The lowest BCUT2D eigenvalue weighted by Gasteiger charge is -2.12. The number of nitrogens with two attached hydrogens (primary N) is 1. The van der Waals surface area contributed by atoms with Gasteiger partial charge in [0.25, 0.3) is 5.91 Å². The van der Waals surface area contributed by atoms with E-state index in [0.717, 1.165) is 0 Å². The lowest BCUT2D eigenvalue weighted by atomic mass is 10.2. The second-order valence-corrected chi connectivity index (χ2v) is 4.37. The van der Waals surface area contributed by atoms with E-state index in [4.69, 9.17) is 5.73 Å². The number of nitrogens with one attached hydrogen (secondary N) is 1. The van der Waals surface area contributed by atoms with Crippen molar-refractivity contribution in [1.29, 1.82) is 0 Å². The summed E-state index contributed by atoms with van der Waals surface area (Å²) in [6, 6.07) is 5.44. The minimum atomic E-state index is -0.574. The molecule has 1 unspecified atom stereocenters. The van der Waals surface area contributed by atoms with Gasteiger partial charge in [0.05, 0.1) is 6.04 Å². The second kappa shape index (κ2) is 4.92. The summed E-state index contributed by atoms with van der Waals surface area (Å²) in [6.07, 6.45) is 0. The Bertz CT molecular complexity index is 495. The summed E-state index contributed by atoms with van der Waals surface area (Å²) in [7, 11) is 0. The van der Waals surface area contributed by atoms with Crippen LogP contribution in [0.4, 0.5) is 5.82 Å². The number of primary amides is 1. The molecule has 1 atom stereocenters. The maximum Gasteiger partial charge on any atom is 0.269 e. The normalized spacial score (nSPS) is 12.1. The van der Waals surface area contributed by atoms with Crippen LogP contribution in [-0.2, 0) is 0 Å². The quantitative estimate of drug-likeness (QED) is 0.864. The van der Waals surface area contributed by atoms with E-state index < -0.39 is 5.91 Å². The molecule has 0 aliphatic carbocycles. The summed E-state index contributed by atoms with van der Waals surface area (Å²) in [6.45, 7) is 2.03. The first-order valence-electron chi connectivity index (χ1n) is 5.09. The fourth-order valence-corrected chi connectivity index (χ4v) is 2.12. The molecule has 0 saturated heterocycles. The molecule has 2 rings (SSSR count). The molecule has 0 fully saturated rings. The van der Waals surface area contributed by atoms with Crippen molar-refractivity contribution in [1.82, 2.24) is 10.2 Å². The molecule has 0 aliphatic rings. The molecule has 2 heterocycles. The minimum absolute atomic E-state index is 0.148. The minimum Gasteiger partial charge on any atom is -0.364 e. The second-order valence-electron chi connectivity index (χ2n) is 3.59. The van der Waals surface area contributed by atoms with E-state index in [1.54, 1.807) is 23.5 Å². The molecule has 2 aromatic rings. The van der Waals surface area contributed by atoms with Gasteiger partial charge in [-0.2, -0.15) is 11.3 Å². The van der Waals surface area contributed by atoms with Gasteiger partial charge in [-0.25, -0.2) is 0 Å². The first kappa shape index (κ1) is 11.5. The van der Waals surface area contributed by atoms with Crippen LogP contribution in [0, 0.1) is 0 Å². The molecule has 3 N–H and O–H groups in total. The Balaban J connectivity index is 2.06. The van der Waals surface area contributed by atoms with E-state index in [-0.39, 0.29) is 11.7 Å². The lowest BCUT2D eigenvalue weighted by molar-refractivity contribution is 0.0994. The van der Waals surface area contributed by atoms with Crippen LogP contribution in [0.5, 0.6) is 0 Å². The molecule has 17 heavy (non-hydrogen) atoms. The third kappa shape index (κ3) is 2.79. The third-order valence-corrected chi connectivity index (χ3v) is 3.03. The number of carbonyl (C=O) groups is 1. The fraction of sp³-hybridized carbons (Fsp3) is 0.182. The highest BCUT2D eigenvalue weighted by Gasteiger charge is 2.07. The third-order valence-electron chi connectivity index (χ3n) is 2.32. The topological polar surface area (TPSA) is 80.9 Å². The molecule has 0 bridgehead atoms. The average molecular weight is 248 g/mol. The van der Waals surface area contributed by atoms with Gasteiger partial charge in [-0.15, -0.1) is 10.2 Å². The molecule has 0 radical (unpaired) electrons. The Labute approximate surface area is 103 Å². The van der Waals surface area contributed by atoms with E-state index in [0.29, 0.717) is 5.82 Å². The number of carbonyl (C=O) groups excluding carboxylic acids is 1. The van der Waals surface area contributed by atoms with Gasteiger partial charge in [0.2, 0.25) is 0 Å². The molecular weight excluding hydrogens is 236 g/mol. The summed E-state index contributed by atoms with van der Waals surface area (Å²) in [5.41, 5.74) is 6.44. The lowest BCUT2D eigenvalue weighted by Crippen LogP contribution is -2.15. The van der Waals surface area contributed by atoms with Crippen molar-refractivity contribution in [2.45, 2.75) is 13.0 Å². The summed E-state index contributed by atoms with van der Waals surface area (Å²) < 4.78 is 0. The summed E-state index contributed by atoms with van der Waals surface area (Å²) in [4.78, 5) is 10.8. The van der Waals surface area contributed by atoms with Crippen LogP contribution in [0.1, 0.15) is 29.0 Å². The highest BCUT2D eigenvalue weighted by atomic mass is 32.1. The first-order chi connectivity index (χ1) is 8.16. The van der Waals surface area contributed by atoms with Gasteiger partial charge in [-0.3, -0.25) is 4.79 Å². The van der Waals surface area contributed by atoms with Crippen LogP contribution < -0.4 is 11.1 Å². The molecular formula is C11H12N4OS. The van der Waals surface area contributed by atoms with Crippen LogP contribution in [-0.4, -0.2) is 16.1 Å². The number of hydrogen-bond donors (Lipinski definition) is 2. The summed E-state index contributed by atoms with van der Waals surface area (Å²) in [5.74, 6) is 0.0450. The molecule has 2 aromatic heterocycles. The Morgan fingerprint density at radius 1 is 1.41 bits per heavy atom. The van der Waals surface area contributed by atoms with Gasteiger partial charge in [-0.1, -0.05) is 0 Å². The van der Waals surface area contributed by atoms with Gasteiger partial charge in [0, 0.05) is 0 Å². The maximum absolute atomic E-state index is 10.8. The highest BCUT2D eigenvalue weighted by molar-refractivity contribution is 7.07. The van der Waals surface area contributed by atoms with Crippen LogP contribution in [0.15, 0.2) is 29.0 Å². The van der Waals surface area contributed by atoms with Gasteiger partial charge < -0.3 is 11.1 Å². The number of nitrogens with zero attached hydrogens (tertiary/aromatic N) is 2. The van der Waals surface area contributed by atoms with Crippen molar-refractivity contribution >= 4 is 23.1 Å². The van der Waals surface area contributed by atoms with Crippen molar-refractivity contribution < 1.29 is 4.79 Å². The SMILES string of the molecule is CC(Nc1ccc(C(N)=O)nn1)c1ccsc1. The molecule has 0 spiro atoms. The average Bonchev–Trinajstić information content (AvgIpc) is 2.83. The Morgan fingerprint density at radius 3 is 2.76 bits per heavy atom. The van der Waals surface area contributed by atoms with Crippen molar-refractivity contribution in [2.24, 2.45) is 5.73 Å². The molecule has 1 amide bonds. The molecule has 0 aromatic carbocycles. The van der Waals surface area contributed by atoms with Crippen LogP contribution in [0.2, 0.25) is 0 Å². The van der Waals surface area contributed by atoms with Gasteiger partial charge in [0.1, 0.15) is 5.82 Å². The van der Waals surface area contributed by atoms with E-state index >= 15 is 0 Å². The Hall–Kier alpha value is -1.95. The van der Waals surface area contributed by atoms with Crippen molar-refractivity contribution in [3.05, 3.63) is 40.2 Å². The molecule has 6 heteroatoms. The van der Waals surface area contributed by atoms with Crippen LogP contribution in [0.25, 0.3) is 0 Å². The zero-order valence-corrected chi connectivity index (χ0v) is 10.1. The first-order valence-corrected chi connectivity index (χ1v) is 6.03. The fourth-order valence-electron chi connectivity index (χ4n) is 1.37. The standard InChI is InChI=1S/C11H12N4OS/c1-7(8-4-5-17-6-8)13-10-3-2-9(11(12)16)14-15-10/h2-7H,1H3,(H2,12,16)(H,13,15). The van der Waals surface area contributed by atoms with Crippen molar-refractivity contribution in [3.63, 3.8) is 0 Å². The van der Waals surface area contributed by atoms with E-state index in [2.05, 4.69) is 20.9 Å². The van der Waals surface area contributed by atoms with E-state index in [1.165, 1.54) is 5.56 Å². The van der Waals surface area contributed by atoms with Crippen molar-refractivity contribution in [2.75, 3.05) is 5.32 Å². The predicted octanol–water partition coefficient (Wildman–Crippen LogP) is 1.81. The molecule has 0 saturated carbocycles. The summed E-state index contributed by atoms with van der Waals surface area (Å²) in [5, 5.41) is 14.9. The monoisotopic (exact) mass is 248 g/mol. The largest absolute Gasteiger partial charge is 0.364 e. The Morgan fingerprint density at radius 2 is 2.24 bits per heavy atom. The molecule has 88 valence electrons. The van der Waals surface area contributed by atoms with E-state index in [9.17, 15) is 4.79 Å². The number of rotatable bonds is 4. The number of aromatic nitrogens is 2. The van der Waals surface area contributed by atoms with Gasteiger partial charge >= 0.3 is 0 Å². The van der Waals surface area contributed by atoms with Crippen LogP contribution >= 0.6 is 11.3 Å². The zero-order chi connectivity index (χ0) is 12.3. The highest BCUT2D eigenvalue weighted by Crippen LogP contribution is 2.19. The smallest absolute Gasteiger partial charge is 0.269 e.